The van der Waals surface area contributed by atoms with Crippen LogP contribution in [0.2, 0.25) is 0 Å². The third-order valence-corrected chi connectivity index (χ3v) is 3.53. The second kappa shape index (κ2) is 6.48. The van der Waals surface area contributed by atoms with Gasteiger partial charge < -0.3 is 10.1 Å². The average Bonchev–Trinajstić information content (AvgIpc) is 2.48. The summed E-state index contributed by atoms with van der Waals surface area (Å²) >= 11 is 0. The Morgan fingerprint density at radius 1 is 1.15 bits per heavy atom. The second-order valence-corrected chi connectivity index (χ2v) is 4.78. The van der Waals surface area contributed by atoms with E-state index in [2.05, 4.69) is 54.5 Å². The van der Waals surface area contributed by atoms with E-state index in [0.717, 1.165) is 12.2 Å². The number of methoxy groups -OCH3 is 1. The fourth-order valence-electron chi connectivity index (χ4n) is 2.26. The number of rotatable bonds is 5. The first-order valence-corrected chi connectivity index (χ1v) is 6.84. The van der Waals surface area contributed by atoms with Gasteiger partial charge in [-0.25, -0.2) is 0 Å². The molecule has 0 radical (unpaired) electrons. The molecule has 0 aliphatic carbocycles. The predicted molar refractivity (Wildman–Crippen MR) is 80.0 cm³/mol. The standard InChI is InChI=1S/C16H21N3O/c1-5-17-16(13-8-6-7-11(2)12(13)3)14-9-10-15(20-4)19-18-14/h6-10,16-17H,5H2,1-4H3. The molecule has 0 aliphatic rings. The van der Waals surface area contributed by atoms with Crippen LogP contribution >= 0.6 is 0 Å². The fraction of sp³-hybridized carbons (Fsp3) is 0.375. The molecule has 0 amide bonds. The maximum Gasteiger partial charge on any atom is 0.233 e. The van der Waals surface area contributed by atoms with Crippen LogP contribution in [0.15, 0.2) is 30.3 Å². The van der Waals surface area contributed by atoms with Crippen molar-refractivity contribution in [3.05, 3.63) is 52.7 Å². The van der Waals surface area contributed by atoms with Gasteiger partial charge in [0.05, 0.1) is 18.8 Å². The van der Waals surface area contributed by atoms with Gasteiger partial charge in [0.25, 0.3) is 0 Å². The molecular formula is C16H21N3O. The first kappa shape index (κ1) is 14.5. The normalized spacial score (nSPS) is 12.2. The lowest BCUT2D eigenvalue weighted by atomic mass is 9.95. The highest BCUT2D eigenvalue weighted by atomic mass is 16.5. The van der Waals surface area contributed by atoms with Crippen LogP contribution in [0.25, 0.3) is 0 Å². The molecule has 0 saturated heterocycles. The Bertz CT molecular complexity index is 566. The molecule has 1 atom stereocenters. The van der Waals surface area contributed by atoms with Crippen molar-refractivity contribution in [3.8, 4) is 5.88 Å². The van der Waals surface area contributed by atoms with Crippen molar-refractivity contribution < 1.29 is 4.74 Å². The zero-order valence-electron chi connectivity index (χ0n) is 12.5. The number of nitrogens with zero attached hydrogens (tertiary/aromatic N) is 2. The maximum absolute atomic E-state index is 5.06. The summed E-state index contributed by atoms with van der Waals surface area (Å²) in [5, 5.41) is 11.8. The highest BCUT2D eigenvalue weighted by Gasteiger charge is 2.17. The van der Waals surface area contributed by atoms with E-state index in [1.54, 1.807) is 7.11 Å². The molecule has 20 heavy (non-hydrogen) atoms. The van der Waals surface area contributed by atoms with E-state index in [-0.39, 0.29) is 6.04 Å². The molecule has 106 valence electrons. The average molecular weight is 271 g/mol. The highest BCUT2D eigenvalue weighted by Crippen LogP contribution is 2.25. The third kappa shape index (κ3) is 2.96. The van der Waals surface area contributed by atoms with Crippen LogP contribution in [0.3, 0.4) is 0 Å². The predicted octanol–water partition coefficient (Wildman–Crippen LogP) is 2.80. The maximum atomic E-state index is 5.06. The van der Waals surface area contributed by atoms with Crippen LogP contribution in [0.5, 0.6) is 5.88 Å². The van der Waals surface area contributed by atoms with Gasteiger partial charge in [-0.15, -0.1) is 10.2 Å². The van der Waals surface area contributed by atoms with Gasteiger partial charge in [-0.2, -0.15) is 0 Å². The molecule has 2 aromatic rings. The van der Waals surface area contributed by atoms with Gasteiger partial charge in [0.2, 0.25) is 5.88 Å². The van der Waals surface area contributed by atoms with Crippen molar-refractivity contribution in [1.82, 2.24) is 15.5 Å². The van der Waals surface area contributed by atoms with Gasteiger partial charge in [-0.05, 0) is 43.1 Å². The van der Waals surface area contributed by atoms with Crippen molar-refractivity contribution >= 4 is 0 Å². The van der Waals surface area contributed by atoms with E-state index in [1.807, 2.05) is 12.1 Å². The second-order valence-electron chi connectivity index (χ2n) is 4.78. The monoisotopic (exact) mass is 271 g/mol. The largest absolute Gasteiger partial charge is 0.480 e. The third-order valence-electron chi connectivity index (χ3n) is 3.53. The summed E-state index contributed by atoms with van der Waals surface area (Å²) in [6.45, 7) is 7.23. The zero-order chi connectivity index (χ0) is 14.5. The number of hydrogen-bond donors (Lipinski definition) is 1. The van der Waals surface area contributed by atoms with Crippen LogP contribution in [0.4, 0.5) is 0 Å². The summed E-state index contributed by atoms with van der Waals surface area (Å²) in [4.78, 5) is 0. The van der Waals surface area contributed by atoms with Crippen molar-refractivity contribution in [2.75, 3.05) is 13.7 Å². The SMILES string of the molecule is CCNC(c1ccc(OC)nn1)c1cccc(C)c1C. The van der Waals surface area contributed by atoms with Gasteiger partial charge in [0.1, 0.15) is 0 Å². The molecule has 1 heterocycles. The van der Waals surface area contributed by atoms with E-state index in [1.165, 1.54) is 16.7 Å². The number of aryl methyl sites for hydroxylation is 1. The molecule has 4 nitrogen and oxygen atoms in total. The molecule has 1 aromatic carbocycles. The van der Waals surface area contributed by atoms with Crippen LogP contribution in [-0.2, 0) is 0 Å². The first-order chi connectivity index (χ1) is 9.67. The van der Waals surface area contributed by atoms with Crippen LogP contribution in [-0.4, -0.2) is 23.9 Å². The number of nitrogens with one attached hydrogen (secondary N) is 1. The van der Waals surface area contributed by atoms with E-state index in [4.69, 9.17) is 4.74 Å². The zero-order valence-corrected chi connectivity index (χ0v) is 12.5. The molecule has 0 spiro atoms. The number of aromatic nitrogens is 2. The molecule has 1 unspecified atom stereocenters. The minimum absolute atomic E-state index is 0.0540. The van der Waals surface area contributed by atoms with Crippen molar-refractivity contribution in [3.63, 3.8) is 0 Å². The fourth-order valence-corrected chi connectivity index (χ4v) is 2.26. The highest BCUT2D eigenvalue weighted by molar-refractivity contribution is 5.39. The van der Waals surface area contributed by atoms with Gasteiger partial charge in [0, 0.05) is 6.07 Å². The smallest absolute Gasteiger partial charge is 0.233 e. The Balaban J connectivity index is 2.41. The molecule has 4 heteroatoms. The Labute approximate surface area is 120 Å². The summed E-state index contributed by atoms with van der Waals surface area (Å²) in [6.07, 6.45) is 0. The van der Waals surface area contributed by atoms with Gasteiger partial charge in [-0.1, -0.05) is 25.1 Å². The number of hydrogen-bond acceptors (Lipinski definition) is 4. The Kier molecular flexibility index (Phi) is 4.69. The molecule has 1 aromatic heterocycles. The van der Waals surface area contributed by atoms with E-state index >= 15 is 0 Å². The summed E-state index contributed by atoms with van der Waals surface area (Å²) < 4.78 is 5.06. The van der Waals surface area contributed by atoms with E-state index in [9.17, 15) is 0 Å². The molecular weight excluding hydrogens is 250 g/mol. The molecule has 1 N–H and O–H groups in total. The van der Waals surface area contributed by atoms with Gasteiger partial charge in [0.15, 0.2) is 0 Å². The summed E-state index contributed by atoms with van der Waals surface area (Å²) in [7, 11) is 1.59. The lowest BCUT2D eigenvalue weighted by molar-refractivity contribution is 0.390. The molecule has 0 aliphatic heterocycles. The van der Waals surface area contributed by atoms with E-state index in [0.29, 0.717) is 5.88 Å². The molecule has 2 rings (SSSR count). The Morgan fingerprint density at radius 2 is 1.95 bits per heavy atom. The summed E-state index contributed by atoms with van der Waals surface area (Å²) in [5.41, 5.74) is 4.72. The Hall–Kier alpha value is -1.94. The lowest BCUT2D eigenvalue weighted by Gasteiger charge is -2.20. The number of benzene rings is 1. The van der Waals surface area contributed by atoms with Gasteiger partial charge >= 0.3 is 0 Å². The van der Waals surface area contributed by atoms with Crippen molar-refractivity contribution in [2.24, 2.45) is 0 Å². The molecule has 0 saturated carbocycles. The number of ether oxygens (including phenoxy) is 1. The lowest BCUT2D eigenvalue weighted by Crippen LogP contribution is -2.24. The summed E-state index contributed by atoms with van der Waals surface area (Å²) in [6, 6.07) is 10.2. The van der Waals surface area contributed by atoms with E-state index < -0.39 is 0 Å². The van der Waals surface area contributed by atoms with Crippen LogP contribution < -0.4 is 10.1 Å². The van der Waals surface area contributed by atoms with Crippen molar-refractivity contribution in [2.45, 2.75) is 26.8 Å². The summed E-state index contributed by atoms with van der Waals surface area (Å²) in [5.74, 6) is 0.532. The minimum atomic E-state index is 0.0540. The van der Waals surface area contributed by atoms with Gasteiger partial charge in [-0.3, -0.25) is 0 Å². The molecule has 0 bridgehead atoms. The topological polar surface area (TPSA) is 47.0 Å². The van der Waals surface area contributed by atoms with Crippen molar-refractivity contribution in [1.29, 1.82) is 0 Å². The first-order valence-electron chi connectivity index (χ1n) is 6.84. The van der Waals surface area contributed by atoms with Crippen LogP contribution in [0.1, 0.15) is 35.3 Å². The van der Waals surface area contributed by atoms with Crippen LogP contribution in [0, 0.1) is 13.8 Å². The quantitative estimate of drug-likeness (QED) is 0.908. The Morgan fingerprint density at radius 3 is 2.55 bits per heavy atom. The molecule has 0 fully saturated rings. The minimum Gasteiger partial charge on any atom is -0.480 e.